The van der Waals surface area contributed by atoms with Crippen molar-refractivity contribution in [2.24, 2.45) is 0 Å². The number of benzene rings is 1. The van der Waals surface area contributed by atoms with Crippen molar-refractivity contribution in [2.45, 2.75) is 19.4 Å². The number of rotatable bonds is 7. The van der Waals surface area contributed by atoms with Gasteiger partial charge in [0.05, 0.1) is 27.4 Å². The maximum atomic E-state index is 14.5. The first-order chi connectivity index (χ1) is 14.3. The molecule has 2 aromatic rings. The molecule has 1 atom stereocenters. The molecular formula is C18H19ClFN3O5S3. The molecule has 2 heterocycles. The van der Waals surface area contributed by atoms with Crippen LogP contribution in [0.5, 0.6) is 0 Å². The van der Waals surface area contributed by atoms with E-state index in [9.17, 15) is 26.0 Å². The van der Waals surface area contributed by atoms with E-state index in [-0.39, 0.29) is 24.3 Å². The molecule has 8 nitrogen and oxygen atoms in total. The van der Waals surface area contributed by atoms with Crippen molar-refractivity contribution in [1.82, 2.24) is 4.72 Å². The van der Waals surface area contributed by atoms with Crippen LogP contribution in [-0.2, 0) is 24.8 Å². The normalized spacial score (nSPS) is 17.9. The Labute approximate surface area is 188 Å². The predicted molar refractivity (Wildman–Crippen MR) is 121 cm³/mol. The van der Waals surface area contributed by atoms with E-state index in [0.29, 0.717) is 14.8 Å². The van der Waals surface area contributed by atoms with Crippen LogP contribution in [0, 0.1) is 5.82 Å². The van der Waals surface area contributed by atoms with Crippen LogP contribution in [0.25, 0.3) is 5.57 Å². The first-order valence-electron chi connectivity index (χ1n) is 8.90. The number of carbonyl (C=O) groups excluding carboxylic acids is 1. The van der Waals surface area contributed by atoms with Gasteiger partial charge in [-0.25, -0.2) is 21.2 Å². The standard InChI is InChI=1S/C18H19ClFN3O5S3/c1-11(16-5-6-17(19)29-16)10-31(27,28)22-14-7-8-23(18(14)24)15-4-3-12(9-13(15)20)21-30(2,25)26/h3-6,9-10,14,21-22H,7-8H2,1-2H3/b11-10-/t14-/m0/s1. The average molecular weight is 508 g/mol. The van der Waals surface area contributed by atoms with Crippen molar-refractivity contribution in [3.05, 3.63) is 50.8 Å². The fraction of sp³-hybridized carbons (Fsp3) is 0.278. The summed E-state index contributed by atoms with van der Waals surface area (Å²) in [6, 6.07) is 5.85. The third-order valence-corrected chi connectivity index (χ3v) is 7.60. The van der Waals surface area contributed by atoms with Crippen LogP contribution in [0.4, 0.5) is 15.8 Å². The summed E-state index contributed by atoms with van der Waals surface area (Å²) < 4.78 is 67.0. The zero-order valence-corrected chi connectivity index (χ0v) is 19.6. The zero-order chi connectivity index (χ0) is 23.0. The molecule has 1 amide bonds. The first-order valence-corrected chi connectivity index (χ1v) is 13.5. The molecule has 1 aliphatic heterocycles. The van der Waals surface area contributed by atoms with E-state index in [1.54, 1.807) is 19.1 Å². The number of nitrogens with one attached hydrogen (secondary N) is 2. The molecule has 168 valence electrons. The van der Waals surface area contributed by atoms with E-state index in [2.05, 4.69) is 9.44 Å². The summed E-state index contributed by atoms with van der Waals surface area (Å²) in [4.78, 5) is 14.5. The van der Waals surface area contributed by atoms with Crippen LogP contribution < -0.4 is 14.3 Å². The Balaban J connectivity index is 1.74. The zero-order valence-electron chi connectivity index (χ0n) is 16.4. The highest BCUT2D eigenvalue weighted by Crippen LogP contribution is 2.29. The highest BCUT2D eigenvalue weighted by atomic mass is 35.5. The van der Waals surface area contributed by atoms with Crippen molar-refractivity contribution in [2.75, 3.05) is 22.4 Å². The van der Waals surface area contributed by atoms with Gasteiger partial charge in [0, 0.05) is 17.5 Å². The van der Waals surface area contributed by atoms with Crippen LogP contribution >= 0.6 is 22.9 Å². The number of thiophene rings is 1. The van der Waals surface area contributed by atoms with E-state index in [1.807, 2.05) is 0 Å². The molecule has 1 aromatic carbocycles. The second-order valence-corrected chi connectivity index (χ2v) is 12.0. The minimum absolute atomic E-state index is 0.0157. The minimum atomic E-state index is -3.95. The second-order valence-electron chi connectivity index (χ2n) is 6.94. The summed E-state index contributed by atoms with van der Waals surface area (Å²) in [6.07, 6.45) is 1.08. The topological polar surface area (TPSA) is 113 Å². The number of hydrogen-bond donors (Lipinski definition) is 2. The lowest BCUT2D eigenvalue weighted by molar-refractivity contribution is -0.118. The quantitative estimate of drug-likeness (QED) is 0.598. The van der Waals surface area contributed by atoms with E-state index >= 15 is 0 Å². The van der Waals surface area contributed by atoms with Crippen LogP contribution in [0.3, 0.4) is 0 Å². The Morgan fingerprint density at radius 2 is 1.97 bits per heavy atom. The highest BCUT2D eigenvalue weighted by Gasteiger charge is 2.36. The summed E-state index contributed by atoms with van der Waals surface area (Å²) >= 11 is 7.10. The van der Waals surface area contributed by atoms with Crippen molar-refractivity contribution in [3.8, 4) is 0 Å². The van der Waals surface area contributed by atoms with Gasteiger partial charge in [0.25, 0.3) is 0 Å². The molecule has 0 aliphatic carbocycles. The van der Waals surface area contributed by atoms with Crippen LogP contribution in [0.15, 0.2) is 35.7 Å². The number of carbonyl (C=O) groups is 1. The number of sulfonamides is 2. The van der Waals surface area contributed by atoms with Crippen LogP contribution in [0.2, 0.25) is 4.34 Å². The molecule has 13 heteroatoms. The smallest absolute Gasteiger partial charge is 0.245 e. The lowest BCUT2D eigenvalue weighted by atomic mass is 10.2. The summed E-state index contributed by atoms with van der Waals surface area (Å²) in [5.41, 5.74) is 0.416. The van der Waals surface area contributed by atoms with Crippen molar-refractivity contribution < 1.29 is 26.0 Å². The Morgan fingerprint density at radius 1 is 1.26 bits per heavy atom. The number of anilines is 2. The molecule has 1 saturated heterocycles. The maximum Gasteiger partial charge on any atom is 0.245 e. The molecule has 1 aliphatic rings. The van der Waals surface area contributed by atoms with Gasteiger partial charge in [0.1, 0.15) is 11.9 Å². The van der Waals surface area contributed by atoms with Crippen molar-refractivity contribution in [1.29, 1.82) is 0 Å². The van der Waals surface area contributed by atoms with Gasteiger partial charge >= 0.3 is 0 Å². The molecule has 3 rings (SSSR count). The first kappa shape index (κ1) is 23.7. The Hall–Kier alpha value is -1.99. The molecule has 1 aromatic heterocycles. The monoisotopic (exact) mass is 507 g/mol. The van der Waals surface area contributed by atoms with E-state index in [4.69, 9.17) is 11.6 Å². The average Bonchev–Trinajstić information content (AvgIpc) is 3.20. The van der Waals surface area contributed by atoms with Crippen LogP contribution in [-0.4, -0.2) is 41.6 Å². The fourth-order valence-corrected chi connectivity index (χ4v) is 6.00. The number of nitrogens with zero attached hydrogens (tertiary/aromatic N) is 1. The Morgan fingerprint density at radius 3 is 2.55 bits per heavy atom. The summed E-state index contributed by atoms with van der Waals surface area (Å²) in [6.45, 7) is 1.72. The van der Waals surface area contributed by atoms with E-state index < -0.39 is 37.8 Å². The third kappa shape index (κ3) is 6.04. The Bertz CT molecular complexity index is 1260. The lowest BCUT2D eigenvalue weighted by Gasteiger charge is -2.18. The molecular weight excluding hydrogens is 489 g/mol. The number of allylic oxidation sites excluding steroid dienone is 1. The van der Waals surface area contributed by atoms with Gasteiger partial charge in [-0.15, -0.1) is 11.3 Å². The third-order valence-electron chi connectivity index (χ3n) is 4.35. The van der Waals surface area contributed by atoms with Gasteiger partial charge in [-0.1, -0.05) is 11.6 Å². The second kappa shape index (κ2) is 8.87. The maximum absolute atomic E-state index is 14.5. The summed E-state index contributed by atoms with van der Waals surface area (Å²) in [5.74, 6) is -1.41. The number of halogens is 2. The SMILES string of the molecule is C/C(=C/S(=O)(=O)N[C@H]1CCN(c2ccc(NS(C)(=O)=O)cc2F)C1=O)c1ccc(Cl)s1. The van der Waals surface area contributed by atoms with Crippen molar-refractivity contribution >= 4 is 65.8 Å². The summed E-state index contributed by atoms with van der Waals surface area (Å²) in [7, 11) is -7.53. The molecule has 0 unspecified atom stereocenters. The highest BCUT2D eigenvalue weighted by molar-refractivity contribution is 7.92. The van der Waals surface area contributed by atoms with Crippen LogP contribution in [0.1, 0.15) is 18.2 Å². The molecule has 1 fully saturated rings. The lowest BCUT2D eigenvalue weighted by Crippen LogP contribution is -2.41. The molecule has 2 N–H and O–H groups in total. The molecule has 31 heavy (non-hydrogen) atoms. The van der Waals surface area contributed by atoms with E-state index in [1.165, 1.54) is 23.5 Å². The number of hydrogen-bond acceptors (Lipinski definition) is 6. The predicted octanol–water partition coefficient (Wildman–Crippen LogP) is 3.00. The molecule has 0 radical (unpaired) electrons. The van der Waals surface area contributed by atoms with Gasteiger partial charge in [-0.2, -0.15) is 4.72 Å². The van der Waals surface area contributed by atoms with E-state index in [0.717, 1.165) is 22.6 Å². The molecule has 0 saturated carbocycles. The van der Waals surface area contributed by atoms with Gasteiger partial charge in [-0.05, 0) is 43.2 Å². The van der Waals surface area contributed by atoms with Crippen molar-refractivity contribution in [3.63, 3.8) is 0 Å². The fourth-order valence-electron chi connectivity index (χ4n) is 3.08. The number of amides is 1. The summed E-state index contributed by atoms with van der Waals surface area (Å²) in [5, 5.41) is 1.03. The largest absolute Gasteiger partial charge is 0.308 e. The molecule has 0 spiro atoms. The van der Waals surface area contributed by atoms with Gasteiger partial charge in [0.2, 0.25) is 26.0 Å². The van der Waals surface area contributed by atoms with Gasteiger partial charge < -0.3 is 4.90 Å². The van der Waals surface area contributed by atoms with Gasteiger partial charge in [0.15, 0.2) is 0 Å². The van der Waals surface area contributed by atoms with Gasteiger partial charge in [-0.3, -0.25) is 9.52 Å². The minimum Gasteiger partial charge on any atom is -0.308 e. The molecule has 0 bridgehead atoms. The Kier molecular flexibility index (Phi) is 6.77.